The van der Waals surface area contributed by atoms with E-state index in [1.165, 1.54) is 5.56 Å². The summed E-state index contributed by atoms with van der Waals surface area (Å²) in [6.45, 7) is 5.11. The van der Waals surface area contributed by atoms with Gasteiger partial charge in [-0.3, -0.25) is 9.89 Å². The summed E-state index contributed by atoms with van der Waals surface area (Å²) in [5.41, 5.74) is 4.79. The van der Waals surface area contributed by atoms with Crippen molar-refractivity contribution in [1.29, 1.82) is 0 Å². The molecule has 1 fully saturated rings. The molecule has 0 atom stereocenters. The van der Waals surface area contributed by atoms with Crippen LogP contribution in [0.15, 0.2) is 54.6 Å². The van der Waals surface area contributed by atoms with E-state index in [1.54, 1.807) is 7.11 Å². The predicted octanol–water partition coefficient (Wildman–Crippen LogP) is 3.61. The third kappa shape index (κ3) is 4.11. The fourth-order valence-electron chi connectivity index (χ4n) is 3.62. The molecule has 1 amide bonds. The molecule has 1 aliphatic heterocycles. The lowest BCUT2D eigenvalue weighted by atomic mass is 10.1. The molecule has 1 saturated heterocycles. The number of H-pyrrole nitrogens is 1. The fourth-order valence-corrected chi connectivity index (χ4v) is 3.62. The first kappa shape index (κ1) is 19.1. The number of methoxy groups -OCH3 is 1. The van der Waals surface area contributed by atoms with Gasteiger partial charge < -0.3 is 14.5 Å². The molecule has 6 nitrogen and oxygen atoms in total. The Morgan fingerprint density at radius 2 is 1.72 bits per heavy atom. The number of ether oxygens (including phenoxy) is 1. The maximum atomic E-state index is 12.9. The van der Waals surface area contributed by atoms with E-state index in [0.29, 0.717) is 18.8 Å². The van der Waals surface area contributed by atoms with Gasteiger partial charge in [-0.25, -0.2) is 0 Å². The molecular weight excluding hydrogens is 364 g/mol. The SMILES string of the molecule is CCc1ccc(-c2cc(C(=O)N3CCN(c4ccc(OC)cc4)CC3)[nH]n2)cc1. The number of piperazine rings is 1. The molecule has 0 spiro atoms. The van der Waals surface area contributed by atoms with E-state index < -0.39 is 0 Å². The molecule has 0 unspecified atom stereocenters. The van der Waals surface area contributed by atoms with Gasteiger partial charge in [0.2, 0.25) is 0 Å². The van der Waals surface area contributed by atoms with Crippen LogP contribution in [0, 0.1) is 0 Å². The predicted molar refractivity (Wildman–Crippen MR) is 115 cm³/mol. The summed E-state index contributed by atoms with van der Waals surface area (Å²) in [4.78, 5) is 17.1. The second-order valence-electron chi connectivity index (χ2n) is 7.19. The zero-order chi connectivity index (χ0) is 20.2. The normalized spacial score (nSPS) is 14.1. The lowest BCUT2D eigenvalue weighted by molar-refractivity contribution is 0.0741. The number of carbonyl (C=O) groups excluding carboxylic acids is 1. The van der Waals surface area contributed by atoms with Crippen LogP contribution in [0.1, 0.15) is 23.0 Å². The van der Waals surface area contributed by atoms with Gasteiger partial charge in [-0.1, -0.05) is 31.2 Å². The largest absolute Gasteiger partial charge is 0.497 e. The first-order valence-corrected chi connectivity index (χ1v) is 10.0. The smallest absolute Gasteiger partial charge is 0.272 e. The highest BCUT2D eigenvalue weighted by Gasteiger charge is 2.24. The molecule has 150 valence electrons. The Balaban J connectivity index is 1.38. The monoisotopic (exact) mass is 390 g/mol. The van der Waals surface area contributed by atoms with Crippen molar-refractivity contribution in [3.8, 4) is 17.0 Å². The molecule has 2 heterocycles. The van der Waals surface area contributed by atoms with E-state index in [1.807, 2.05) is 23.1 Å². The van der Waals surface area contributed by atoms with Crippen molar-refractivity contribution in [1.82, 2.24) is 15.1 Å². The van der Waals surface area contributed by atoms with Crippen molar-refractivity contribution in [2.45, 2.75) is 13.3 Å². The van der Waals surface area contributed by atoms with Gasteiger partial charge in [0.25, 0.3) is 5.91 Å². The number of rotatable bonds is 5. The molecule has 1 aliphatic rings. The number of aromatic nitrogens is 2. The fraction of sp³-hybridized carbons (Fsp3) is 0.304. The highest BCUT2D eigenvalue weighted by atomic mass is 16.5. The minimum Gasteiger partial charge on any atom is -0.497 e. The Bertz CT molecular complexity index is 955. The first-order chi connectivity index (χ1) is 14.2. The molecule has 1 aromatic heterocycles. The van der Waals surface area contributed by atoms with Gasteiger partial charge in [0.15, 0.2) is 0 Å². The summed E-state index contributed by atoms with van der Waals surface area (Å²) < 4.78 is 5.22. The van der Waals surface area contributed by atoms with E-state index >= 15 is 0 Å². The topological polar surface area (TPSA) is 61.5 Å². The second kappa shape index (κ2) is 8.39. The van der Waals surface area contributed by atoms with Crippen molar-refractivity contribution >= 4 is 11.6 Å². The third-order valence-electron chi connectivity index (χ3n) is 5.47. The van der Waals surface area contributed by atoms with E-state index in [4.69, 9.17) is 4.74 Å². The van der Waals surface area contributed by atoms with Crippen LogP contribution in [-0.4, -0.2) is 54.3 Å². The Morgan fingerprint density at radius 3 is 2.34 bits per heavy atom. The quantitative estimate of drug-likeness (QED) is 0.723. The minimum atomic E-state index is 0.00306. The molecule has 0 aliphatic carbocycles. The summed E-state index contributed by atoms with van der Waals surface area (Å²) in [5.74, 6) is 0.852. The number of aryl methyl sites for hydroxylation is 1. The molecular formula is C23H26N4O2. The minimum absolute atomic E-state index is 0.00306. The molecule has 4 rings (SSSR count). The molecule has 0 saturated carbocycles. The summed E-state index contributed by atoms with van der Waals surface area (Å²) in [7, 11) is 1.67. The number of carbonyl (C=O) groups is 1. The van der Waals surface area contributed by atoms with Gasteiger partial charge >= 0.3 is 0 Å². The molecule has 0 bridgehead atoms. The number of nitrogens with zero attached hydrogens (tertiary/aromatic N) is 3. The Kier molecular flexibility index (Phi) is 5.51. The van der Waals surface area contributed by atoms with Gasteiger partial charge in [0.1, 0.15) is 11.4 Å². The Labute approximate surface area is 171 Å². The number of aromatic amines is 1. The van der Waals surface area contributed by atoms with Crippen molar-refractivity contribution in [3.05, 3.63) is 65.9 Å². The van der Waals surface area contributed by atoms with Crippen molar-refractivity contribution < 1.29 is 9.53 Å². The van der Waals surface area contributed by atoms with E-state index in [2.05, 4.69) is 58.4 Å². The Hall–Kier alpha value is -3.28. The van der Waals surface area contributed by atoms with E-state index in [0.717, 1.165) is 42.2 Å². The molecule has 29 heavy (non-hydrogen) atoms. The van der Waals surface area contributed by atoms with Crippen LogP contribution in [0.5, 0.6) is 5.75 Å². The lowest BCUT2D eigenvalue weighted by Gasteiger charge is -2.35. The van der Waals surface area contributed by atoms with Crippen LogP contribution in [0.25, 0.3) is 11.3 Å². The molecule has 1 N–H and O–H groups in total. The highest BCUT2D eigenvalue weighted by Crippen LogP contribution is 2.22. The van der Waals surface area contributed by atoms with Crippen LogP contribution in [0.3, 0.4) is 0 Å². The summed E-state index contributed by atoms with van der Waals surface area (Å²) in [6, 6.07) is 18.2. The van der Waals surface area contributed by atoms with Gasteiger partial charge in [-0.2, -0.15) is 5.10 Å². The maximum absolute atomic E-state index is 12.9. The number of hydrogen-bond acceptors (Lipinski definition) is 4. The summed E-state index contributed by atoms with van der Waals surface area (Å²) in [5, 5.41) is 7.26. The van der Waals surface area contributed by atoms with Crippen LogP contribution >= 0.6 is 0 Å². The van der Waals surface area contributed by atoms with Crippen LogP contribution in [0.2, 0.25) is 0 Å². The standard InChI is InChI=1S/C23H26N4O2/c1-3-17-4-6-18(7-5-17)21-16-22(25-24-21)23(28)27-14-12-26(13-15-27)19-8-10-20(29-2)11-9-19/h4-11,16H,3,12-15H2,1-2H3,(H,24,25). The van der Waals surface area contributed by atoms with Crippen molar-refractivity contribution in [2.75, 3.05) is 38.2 Å². The van der Waals surface area contributed by atoms with Crippen molar-refractivity contribution in [2.24, 2.45) is 0 Å². The molecule has 3 aromatic rings. The number of nitrogens with one attached hydrogen (secondary N) is 1. The molecule has 6 heteroatoms. The van der Waals surface area contributed by atoms with Crippen LogP contribution < -0.4 is 9.64 Å². The average molecular weight is 390 g/mol. The van der Waals surface area contributed by atoms with E-state index in [9.17, 15) is 4.79 Å². The van der Waals surface area contributed by atoms with Crippen LogP contribution in [-0.2, 0) is 6.42 Å². The number of amides is 1. The lowest BCUT2D eigenvalue weighted by Crippen LogP contribution is -2.48. The zero-order valence-electron chi connectivity index (χ0n) is 16.9. The summed E-state index contributed by atoms with van der Waals surface area (Å²) >= 11 is 0. The summed E-state index contributed by atoms with van der Waals surface area (Å²) in [6.07, 6.45) is 1.01. The maximum Gasteiger partial charge on any atom is 0.272 e. The number of benzene rings is 2. The number of anilines is 1. The van der Waals surface area contributed by atoms with Crippen LogP contribution in [0.4, 0.5) is 5.69 Å². The third-order valence-corrected chi connectivity index (χ3v) is 5.47. The van der Waals surface area contributed by atoms with Gasteiger partial charge in [0.05, 0.1) is 12.8 Å². The second-order valence-corrected chi connectivity index (χ2v) is 7.19. The van der Waals surface area contributed by atoms with Gasteiger partial charge in [-0.05, 0) is 42.3 Å². The number of hydrogen-bond donors (Lipinski definition) is 1. The average Bonchev–Trinajstić information content (AvgIpc) is 3.29. The van der Waals surface area contributed by atoms with Gasteiger partial charge in [-0.15, -0.1) is 0 Å². The zero-order valence-corrected chi connectivity index (χ0v) is 16.9. The first-order valence-electron chi connectivity index (χ1n) is 10.0. The van der Waals surface area contributed by atoms with Crippen molar-refractivity contribution in [3.63, 3.8) is 0 Å². The molecule has 0 radical (unpaired) electrons. The Morgan fingerprint density at radius 1 is 1.03 bits per heavy atom. The molecule has 2 aromatic carbocycles. The highest BCUT2D eigenvalue weighted by molar-refractivity contribution is 5.93. The van der Waals surface area contributed by atoms with E-state index in [-0.39, 0.29) is 5.91 Å². The van der Waals surface area contributed by atoms with Gasteiger partial charge in [0, 0.05) is 37.4 Å².